The Hall–Kier alpha value is -1.69. The second-order valence-corrected chi connectivity index (χ2v) is 4.52. The third-order valence-electron chi connectivity index (χ3n) is 2.38. The molecule has 1 aromatic rings. The third kappa shape index (κ3) is 2.66. The number of methoxy groups -OCH3 is 1. The van der Waals surface area contributed by atoms with Crippen LogP contribution in [-0.2, 0) is 0 Å². The summed E-state index contributed by atoms with van der Waals surface area (Å²) in [7, 11) is 1.64. The first-order valence-electron chi connectivity index (χ1n) is 5.24. The number of nitrogens with zero attached hydrogens (tertiary/aromatic N) is 1. The van der Waals surface area contributed by atoms with Crippen molar-refractivity contribution < 1.29 is 4.74 Å². The summed E-state index contributed by atoms with van der Waals surface area (Å²) in [6, 6.07) is 6.25. The molecule has 0 atom stereocenters. The lowest BCUT2D eigenvalue weighted by Gasteiger charge is -2.23. The zero-order chi connectivity index (χ0) is 12.3. The summed E-state index contributed by atoms with van der Waals surface area (Å²) in [5, 5.41) is 12.2. The highest BCUT2D eigenvalue weighted by Gasteiger charge is 2.19. The zero-order valence-corrected chi connectivity index (χ0v) is 10.5. The maximum absolute atomic E-state index is 9.01. The number of nitrogens with one attached hydrogen (secondary N) is 1. The van der Waals surface area contributed by atoms with Crippen LogP contribution in [0.15, 0.2) is 12.1 Å². The summed E-state index contributed by atoms with van der Waals surface area (Å²) in [5.74, 6) is 0.779. The predicted octanol–water partition coefficient (Wildman–Crippen LogP) is 3.03. The summed E-state index contributed by atoms with van der Waals surface area (Å²) in [6.45, 7) is 7.71. The Labute approximate surface area is 97.0 Å². The molecule has 1 aromatic carbocycles. The van der Waals surface area contributed by atoms with Crippen LogP contribution >= 0.6 is 0 Å². The van der Waals surface area contributed by atoms with Crippen molar-refractivity contribution >= 4 is 5.69 Å². The summed E-state index contributed by atoms with van der Waals surface area (Å²) in [4.78, 5) is 0. The van der Waals surface area contributed by atoms with E-state index in [2.05, 4.69) is 17.5 Å². The molecule has 0 aliphatic heterocycles. The van der Waals surface area contributed by atoms with E-state index in [0.29, 0.717) is 0 Å². The molecule has 1 rings (SSSR count). The fourth-order valence-corrected chi connectivity index (χ4v) is 1.59. The number of hydrogen-bond acceptors (Lipinski definition) is 3. The molecule has 1 N–H and O–H groups in total. The molecule has 0 spiro atoms. The van der Waals surface area contributed by atoms with Gasteiger partial charge >= 0.3 is 0 Å². The second-order valence-electron chi connectivity index (χ2n) is 4.52. The second kappa shape index (κ2) is 4.44. The van der Waals surface area contributed by atoms with E-state index in [0.717, 1.165) is 22.6 Å². The number of hydrogen-bond donors (Lipinski definition) is 1. The van der Waals surface area contributed by atoms with E-state index in [1.165, 1.54) is 0 Å². The Morgan fingerprint density at radius 1 is 1.31 bits per heavy atom. The zero-order valence-electron chi connectivity index (χ0n) is 10.5. The van der Waals surface area contributed by atoms with Crippen molar-refractivity contribution in [3.05, 3.63) is 23.3 Å². The quantitative estimate of drug-likeness (QED) is 0.848. The highest BCUT2D eigenvalue weighted by atomic mass is 16.5. The predicted molar refractivity (Wildman–Crippen MR) is 65.8 cm³/mol. The summed E-state index contributed by atoms with van der Waals surface area (Å²) in [5.41, 5.74) is 2.52. The van der Waals surface area contributed by atoms with Gasteiger partial charge in [0.25, 0.3) is 0 Å². The highest BCUT2D eigenvalue weighted by Crippen LogP contribution is 2.31. The molecular formula is C13H18N2O. The van der Waals surface area contributed by atoms with Gasteiger partial charge in [-0.25, -0.2) is 0 Å². The average molecular weight is 218 g/mol. The van der Waals surface area contributed by atoms with Crippen LogP contribution in [-0.4, -0.2) is 12.6 Å². The molecule has 0 amide bonds. The highest BCUT2D eigenvalue weighted by molar-refractivity contribution is 5.64. The van der Waals surface area contributed by atoms with Gasteiger partial charge in [0.1, 0.15) is 11.3 Å². The summed E-state index contributed by atoms with van der Waals surface area (Å²) < 4.78 is 5.33. The van der Waals surface area contributed by atoms with E-state index in [9.17, 15) is 0 Å². The van der Waals surface area contributed by atoms with Gasteiger partial charge in [0.05, 0.1) is 18.9 Å². The molecular weight excluding hydrogens is 200 g/mol. The maximum atomic E-state index is 9.01. The van der Waals surface area contributed by atoms with E-state index in [1.54, 1.807) is 7.11 Å². The largest absolute Gasteiger partial charge is 0.495 e. The average Bonchev–Trinajstić information content (AvgIpc) is 2.21. The smallest absolute Gasteiger partial charge is 0.142 e. The van der Waals surface area contributed by atoms with Gasteiger partial charge < -0.3 is 10.1 Å². The summed E-state index contributed by atoms with van der Waals surface area (Å²) in [6.07, 6.45) is 0. The van der Waals surface area contributed by atoms with Gasteiger partial charge in [0, 0.05) is 0 Å². The number of aryl methyl sites for hydroxylation is 2. The van der Waals surface area contributed by atoms with E-state index in [4.69, 9.17) is 10.00 Å². The fourth-order valence-electron chi connectivity index (χ4n) is 1.59. The van der Waals surface area contributed by atoms with Gasteiger partial charge in [0.15, 0.2) is 0 Å². The Morgan fingerprint density at radius 2 is 1.94 bits per heavy atom. The van der Waals surface area contributed by atoms with Gasteiger partial charge in [-0.2, -0.15) is 5.26 Å². The van der Waals surface area contributed by atoms with Gasteiger partial charge in [-0.1, -0.05) is 6.07 Å². The fraction of sp³-hybridized carbons (Fsp3) is 0.462. The molecule has 0 saturated heterocycles. The van der Waals surface area contributed by atoms with Crippen molar-refractivity contribution in [1.29, 1.82) is 5.26 Å². The Morgan fingerprint density at radius 3 is 2.44 bits per heavy atom. The van der Waals surface area contributed by atoms with Gasteiger partial charge in [-0.15, -0.1) is 0 Å². The van der Waals surface area contributed by atoms with Crippen LogP contribution in [0.4, 0.5) is 5.69 Å². The van der Waals surface area contributed by atoms with Crippen LogP contribution in [0.1, 0.15) is 25.0 Å². The maximum Gasteiger partial charge on any atom is 0.142 e. The molecule has 3 nitrogen and oxygen atoms in total. The standard InChI is InChI=1S/C13H18N2O/c1-9-6-10(2)12(11(7-9)16-5)15-13(3,4)8-14/h6-7,15H,1-5H3. The van der Waals surface area contributed by atoms with Gasteiger partial charge in [-0.3, -0.25) is 0 Å². The van der Waals surface area contributed by atoms with Crippen molar-refractivity contribution in [1.82, 2.24) is 0 Å². The van der Waals surface area contributed by atoms with Crippen LogP contribution in [0.5, 0.6) is 5.75 Å². The molecule has 0 saturated carbocycles. The molecule has 0 bridgehead atoms. The normalized spacial score (nSPS) is 10.8. The molecule has 3 heteroatoms. The van der Waals surface area contributed by atoms with E-state index in [1.807, 2.05) is 33.8 Å². The minimum Gasteiger partial charge on any atom is -0.495 e. The van der Waals surface area contributed by atoms with E-state index >= 15 is 0 Å². The molecule has 0 heterocycles. The molecule has 0 radical (unpaired) electrons. The number of ether oxygens (including phenoxy) is 1. The number of nitriles is 1. The molecule has 0 unspecified atom stereocenters. The Balaban J connectivity index is 3.18. The minimum atomic E-state index is -0.604. The van der Waals surface area contributed by atoms with Crippen molar-refractivity contribution in [2.24, 2.45) is 0 Å². The van der Waals surface area contributed by atoms with Crippen LogP contribution in [0.3, 0.4) is 0 Å². The SMILES string of the molecule is COc1cc(C)cc(C)c1NC(C)(C)C#N. The lowest BCUT2D eigenvalue weighted by atomic mass is 10.0. The van der Waals surface area contributed by atoms with Crippen LogP contribution < -0.4 is 10.1 Å². The van der Waals surface area contributed by atoms with Crippen molar-refractivity contribution in [3.63, 3.8) is 0 Å². The van der Waals surface area contributed by atoms with E-state index in [-0.39, 0.29) is 0 Å². The molecule has 0 fully saturated rings. The molecule has 0 aliphatic rings. The first-order chi connectivity index (χ1) is 7.39. The number of benzene rings is 1. The van der Waals surface area contributed by atoms with Crippen molar-refractivity contribution in [2.45, 2.75) is 33.2 Å². The lowest BCUT2D eigenvalue weighted by Crippen LogP contribution is -2.29. The van der Waals surface area contributed by atoms with Crippen LogP contribution in [0, 0.1) is 25.2 Å². The van der Waals surface area contributed by atoms with Gasteiger partial charge in [-0.05, 0) is 44.9 Å². The topological polar surface area (TPSA) is 45.0 Å². The Kier molecular flexibility index (Phi) is 3.44. The van der Waals surface area contributed by atoms with Crippen LogP contribution in [0.2, 0.25) is 0 Å². The molecule has 0 aromatic heterocycles. The first-order valence-corrected chi connectivity index (χ1v) is 5.24. The number of rotatable bonds is 3. The lowest BCUT2D eigenvalue weighted by molar-refractivity contribution is 0.415. The molecule has 16 heavy (non-hydrogen) atoms. The monoisotopic (exact) mass is 218 g/mol. The van der Waals surface area contributed by atoms with Crippen molar-refractivity contribution in [2.75, 3.05) is 12.4 Å². The van der Waals surface area contributed by atoms with Gasteiger partial charge in [0.2, 0.25) is 0 Å². The number of anilines is 1. The first kappa shape index (κ1) is 12.4. The minimum absolute atomic E-state index is 0.604. The molecule has 0 aliphatic carbocycles. The van der Waals surface area contributed by atoms with Crippen molar-refractivity contribution in [3.8, 4) is 11.8 Å². The van der Waals surface area contributed by atoms with Crippen LogP contribution in [0.25, 0.3) is 0 Å². The summed E-state index contributed by atoms with van der Waals surface area (Å²) >= 11 is 0. The molecule has 86 valence electrons. The van der Waals surface area contributed by atoms with E-state index < -0.39 is 5.54 Å². The Bertz CT molecular complexity index is 430. The third-order valence-corrected chi connectivity index (χ3v) is 2.38.